The van der Waals surface area contributed by atoms with Gasteiger partial charge < -0.3 is 19.5 Å². The highest BCUT2D eigenvalue weighted by molar-refractivity contribution is 5.89. The first-order valence-corrected chi connectivity index (χ1v) is 9.85. The van der Waals surface area contributed by atoms with Crippen LogP contribution in [0.25, 0.3) is 11.0 Å². The monoisotopic (exact) mass is 401 g/mol. The lowest BCUT2D eigenvalue weighted by molar-refractivity contribution is -0.126. The summed E-state index contributed by atoms with van der Waals surface area (Å²) in [5.74, 6) is 6.96. The first-order valence-electron chi connectivity index (χ1n) is 9.85. The van der Waals surface area contributed by atoms with Gasteiger partial charge in [0.1, 0.15) is 24.4 Å². The molecule has 1 amide bonds. The maximum atomic E-state index is 11.8. The Morgan fingerprint density at radius 2 is 2.00 bits per heavy atom. The summed E-state index contributed by atoms with van der Waals surface area (Å²) in [6, 6.07) is 12.0. The number of carbonyl (C=O) groups is 1. The molecular weight excluding hydrogens is 378 g/mol. The molecule has 2 aromatic heterocycles. The van der Waals surface area contributed by atoms with Gasteiger partial charge in [-0.3, -0.25) is 4.79 Å². The quantitative estimate of drug-likeness (QED) is 0.404. The van der Waals surface area contributed by atoms with Crippen LogP contribution in [0.3, 0.4) is 0 Å². The van der Waals surface area contributed by atoms with Crippen LogP contribution in [0.4, 0.5) is 5.82 Å². The van der Waals surface area contributed by atoms with Gasteiger partial charge in [0.25, 0.3) is 0 Å². The molecule has 0 atom stereocenters. The van der Waals surface area contributed by atoms with Gasteiger partial charge in [-0.25, -0.2) is 9.97 Å². The van der Waals surface area contributed by atoms with Crippen molar-refractivity contribution < 1.29 is 9.53 Å². The first-order chi connectivity index (χ1) is 14.7. The first kappa shape index (κ1) is 19.7. The molecule has 7 nitrogen and oxygen atoms in total. The zero-order valence-corrected chi connectivity index (χ0v) is 16.7. The van der Waals surface area contributed by atoms with Gasteiger partial charge in [-0.1, -0.05) is 42.8 Å². The average molecular weight is 401 g/mol. The number of piperazine rings is 1. The topological polar surface area (TPSA) is 74.4 Å². The standard InChI is InChI=1S/C23H23N5O2/c1-2-21(29)27-10-12-28(13-11-27)23-20-15-19(26-22(20)24-17-25-23)9-6-14-30-16-18-7-4-3-5-8-18/h2-5,7-8,15,17H,1,10-14,16H2,(H,24,25,26). The van der Waals surface area contributed by atoms with E-state index in [4.69, 9.17) is 4.74 Å². The van der Waals surface area contributed by atoms with Crippen LogP contribution in [0.5, 0.6) is 0 Å². The molecule has 152 valence electrons. The van der Waals surface area contributed by atoms with Gasteiger partial charge in [-0.15, -0.1) is 0 Å². The lowest BCUT2D eigenvalue weighted by atomic mass is 10.2. The third kappa shape index (κ3) is 4.50. The van der Waals surface area contributed by atoms with Crippen molar-refractivity contribution in [3.8, 4) is 11.8 Å². The second-order valence-corrected chi connectivity index (χ2v) is 6.94. The molecule has 1 saturated heterocycles. The molecule has 1 N–H and O–H groups in total. The van der Waals surface area contributed by atoms with E-state index in [0.29, 0.717) is 39.4 Å². The van der Waals surface area contributed by atoms with E-state index in [9.17, 15) is 4.79 Å². The number of H-pyrrole nitrogens is 1. The fourth-order valence-electron chi connectivity index (χ4n) is 3.44. The number of nitrogens with one attached hydrogen (secondary N) is 1. The molecule has 1 aliphatic rings. The number of aromatic nitrogens is 3. The number of amides is 1. The van der Waals surface area contributed by atoms with Gasteiger partial charge in [-0.05, 0) is 23.6 Å². The molecule has 30 heavy (non-hydrogen) atoms. The number of ether oxygens (including phenoxy) is 1. The van der Waals surface area contributed by atoms with Crippen molar-refractivity contribution in [2.45, 2.75) is 6.61 Å². The van der Waals surface area contributed by atoms with Crippen molar-refractivity contribution in [2.24, 2.45) is 0 Å². The molecule has 1 aliphatic heterocycles. The highest BCUT2D eigenvalue weighted by atomic mass is 16.5. The van der Waals surface area contributed by atoms with Crippen LogP contribution in [0.1, 0.15) is 11.3 Å². The van der Waals surface area contributed by atoms with Gasteiger partial charge in [0.15, 0.2) is 0 Å². The lowest BCUT2D eigenvalue weighted by Gasteiger charge is -2.35. The number of benzene rings is 1. The van der Waals surface area contributed by atoms with Crippen molar-refractivity contribution in [2.75, 3.05) is 37.7 Å². The smallest absolute Gasteiger partial charge is 0.246 e. The van der Waals surface area contributed by atoms with E-state index in [0.717, 1.165) is 28.1 Å². The predicted octanol–water partition coefficient (Wildman–Crippen LogP) is 2.36. The number of fused-ring (bicyclic) bond motifs is 1. The number of anilines is 1. The molecule has 0 aliphatic carbocycles. The molecule has 3 heterocycles. The molecular formula is C23H23N5O2. The minimum atomic E-state index is -0.0313. The minimum absolute atomic E-state index is 0.0313. The van der Waals surface area contributed by atoms with Crippen molar-refractivity contribution in [1.82, 2.24) is 19.9 Å². The van der Waals surface area contributed by atoms with Crippen molar-refractivity contribution >= 4 is 22.8 Å². The molecule has 0 unspecified atom stereocenters. The second kappa shape index (κ2) is 9.25. The lowest BCUT2D eigenvalue weighted by Crippen LogP contribution is -2.48. The SMILES string of the molecule is C=CC(=O)N1CCN(c2ncnc3[nH]c(C#CCOCc4ccccc4)cc23)CC1. The summed E-state index contributed by atoms with van der Waals surface area (Å²) in [6.07, 6.45) is 2.91. The molecule has 1 aromatic carbocycles. The molecule has 0 bridgehead atoms. The Hall–Kier alpha value is -3.63. The number of hydrogen-bond donors (Lipinski definition) is 1. The summed E-state index contributed by atoms with van der Waals surface area (Å²) in [5.41, 5.74) is 2.65. The molecule has 4 rings (SSSR count). The predicted molar refractivity (Wildman–Crippen MR) is 116 cm³/mol. The van der Waals surface area contributed by atoms with Crippen LogP contribution in [-0.2, 0) is 16.1 Å². The Morgan fingerprint density at radius 1 is 1.20 bits per heavy atom. The number of rotatable bonds is 5. The summed E-state index contributed by atoms with van der Waals surface area (Å²) in [7, 11) is 0. The number of nitrogens with zero attached hydrogens (tertiary/aromatic N) is 4. The normalized spacial score (nSPS) is 13.7. The molecule has 1 fully saturated rings. The van der Waals surface area contributed by atoms with Gasteiger partial charge in [0.05, 0.1) is 17.7 Å². The molecule has 7 heteroatoms. The summed E-state index contributed by atoms with van der Waals surface area (Å²) >= 11 is 0. The van der Waals surface area contributed by atoms with Crippen LogP contribution >= 0.6 is 0 Å². The van der Waals surface area contributed by atoms with Crippen molar-refractivity contribution in [1.29, 1.82) is 0 Å². The Kier molecular flexibility index (Phi) is 6.06. The van der Waals surface area contributed by atoms with Gasteiger partial charge in [-0.2, -0.15) is 0 Å². The minimum Gasteiger partial charge on any atom is -0.364 e. The van der Waals surface area contributed by atoms with E-state index in [-0.39, 0.29) is 5.91 Å². The maximum Gasteiger partial charge on any atom is 0.246 e. The van der Waals surface area contributed by atoms with E-state index in [1.807, 2.05) is 36.4 Å². The third-order valence-corrected chi connectivity index (χ3v) is 4.98. The Morgan fingerprint density at radius 3 is 2.77 bits per heavy atom. The number of carbonyl (C=O) groups excluding carboxylic acids is 1. The van der Waals surface area contributed by atoms with E-state index in [1.165, 1.54) is 6.08 Å². The molecule has 0 saturated carbocycles. The Labute approximate surface area is 175 Å². The highest BCUT2D eigenvalue weighted by Gasteiger charge is 2.22. The van der Waals surface area contributed by atoms with Crippen molar-refractivity contribution in [3.05, 3.63) is 66.6 Å². The fraction of sp³-hybridized carbons (Fsp3) is 0.261. The van der Waals surface area contributed by atoms with Crippen LogP contribution in [0.15, 0.2) is 55.4 Å². The van der Waals surface area contributed by atoms with Crippen LogP contribution in [-0.4, -0.2) is 58.5 Å². The largest absolute Gasteiger partial charge is 0.364 e. The van der Waals surface area contributed by atoms with Gasteiger partial charge in [0.2, 0.25) is 5.91 Å². The Balaban J connectivity index is 1.40. The number of hydrogen-bond acceptors (Lipinski definition) is 5. The van der Waals surface area contributed by atoms with Crippen LogP contribution < -0.4 is 4.90 Å². The zero-order chi connectivity index (χ0) is 20.8. The molecule has 0 spiro atoms. The molecule has 0 radical (unpaired) electrons. The molecule has 3 aromatic rings. The maximum absolute atomic E-state index is 11.8. The fourth-order valence-corrected chi connectivity index (χ4v) is 3.44. The van der Waals surface area contributed by atoms with E-state index in [1.54, 1.807) is 11.2 Å². The van der Waals surface area contributed by atoms with E-state index < -0.39 is 0 Å². The Bertz CT molecular complexity index is 1090. The van der Waals surface area contributed by atoms with Crippen LogP contribution in [0.2, 0.25) is 0 Å². The second-order valence-electron chi connectivity index (χ2n) is 6.94. The summed E-state index contributed by atoms with van der Waals surface area (Å²) in [4.78, 5) is 27.8. The summed E-state index contributed by atoms with van der Waals surface area (Å²) in [5, 5.41) is 0.926. The number of aromatic amines is 1. The van der Waals surface area contributed by atoms with Crippen LogP contribution in [0, 0.1) is 11.8 Å². The summed E-state index contributed by atoms with van der Waals surface area (Å²) < 4.78 is 5.61. The van der Waals surface area contributed by atoms with Gasteiger partial charge >= 0.3 is 0 Å². The van der Waals surface area contributed by atoms with E-state index >= 15 is 0 Å². The summed E-state index contributed by atoms with van der Waals surface area (Å²) in [6.45, 7) is 7.16. The third-order valence-electron chi connectivity index (χ3n) is 4.98. The van der Waals surface area contributed by atoms with E-state index in [2.05, 4.69) is 38.3 Å². The van der Waals surface area contributed by atoms with Crippen molar-refractivity contribution in [3.63, 3.8) is 0 Å². The van der Waals surface area contributed by atoms with Gasteiger partial charge in [0, 0.05) is 26.2 Å². The highest BCUT2D eigenvalue weighted by Crippen LogP contribution is 2.24. The zero-order valence-electron chi connectivity index (χ0n) is 16.7. The average Bonchev–Trinajstić information content (AvgIpc) is 3.22.